The number of furan rings is 1. The van der Waals surface area contributed by atoms with Gasteiger partial charge in [0.25, 0.3) is 0 Å². The number of halogens is 1. The van der Waals surface area contributed by atoms with Gasteiger partial charge in [-0.3, -0.25) is 0 Å². The molecular weight excluding hydrogens is 300 g/mol. The number of hydrogen-bond donors (Lipinski definition) is 2. The van der Waals surface area contributed by atoms with Gasteiger partial charge in [0, 0.05) is 27.8 Å². The first kappa shape index (κ1) is 12.1. The van der Waals surface area contributed by atoms with Gasteiger partial charge in [-0.2, -0.15) is 0 Å². The Balaban J connectivity index is 2.17. The number of anilines is 1. The molecule has 0 aliphatic rings. The summed E-state index contributed by atoms with van der Waals surface area (Å²) in [6.07, 6.45) is 3.35. The summed E-state index contributed by atoms with van der Waals surface area (Å²) < 4.78 is 5.95. The minimum absolute atomic E-state index is 0.376. The minimum Gasteiger partial charge on any atom is -0.472 e. The number of thiocarbonyl (C=S) groups is 1. The highest BCUT2D eigenvalue weighted by atomic mass is 79.9. The van der Waals surface area contributed by atoms with E-state index in [1.54, 1.807) is 12.5 Å². The Morgan fingerprint density at radius 1 is 1.41 bits per heavy atom. The van der Waals surface area contributed by atoms with Crippen LogP contribution in [0.5, 0.6) is 0 Å². The molecule has 0 aliphatic heterocycles. The van der Waals surface area contributed by atoms with Crippen LogP contribution in [-0.2, 0) is 6.54 Å². The molecule has 1 aromatic heterocycles. The van der Waals surface area contributed by atoms with Gasteiger partial charge < -0.3 is 15.5 Å². The van der Waals surface area contributed by atoms with Gasteiger partial charge in [-0.05, 0) is 24.3 Å². The normalized spacial score (nSPS) is 10.2. The van der Waals surface area contributed by atoms with Gasteiger partial charge in [-0.25, -0.2) is 0 Å². The lowest BCUT2D eigenvalue weighted by molar-refractivity contribution is 0.564. The molecular formula is C12H11BrN2OS. The zero-order chi connectivity index (χ0) is 12.3. The second-order valence-corrected chi connectivity index (χ2v) is 4.89. The summed E-state index contributed by atoms with van der Waals surface area (Å²) >= 11 is 8.42. The van der Waals surface area contributed by atoms with Crippen molar-refractivity contribution in [2.24, 2.45) is 5.73 Å². The van der Waals surface area contributed by atoms with Crippen molar-refractivity contribution in [1.29, 1.82) is 0 Å². The number of benzene rings is 1. The van der Waals surface area contributed by atoms with E-state index in [0.717, 1.165) is 21.3 Å². The smallest absolute Gasteiger partial charge is 0.106 e. The predicted octanol–water partition coefficient (Wildman–Crippen LogP) is 3.29. The highest BCUT2D eigenvalue weighted by Crippen LogP contribution is 2.21. The fraction of sp³-hybridized carbons (Fsp3) is 0.0833. The summed E-state index contributed by atoms with van der Waals surface area (Å²) in [5.41, 5.74) is 8.51. The van der Waals surface area contributed by atoms with Gasteiger partial charge in [0.05, 0.1) is 12.5 Å². The van der Waals surface area contributed by atoms with Gasteiger partial charge >= 0.3 is 0 Å². The summed E-state index contributed by atoms with van der Waals surface area (Å²) in [5.74, 6) is 0. The van der Waals surface area contributed by atoms with Crippen LogP contribution in [0.1, 0.15) is 11.1 Å². The van der Waals surface area contributed by atoms with Gasteiger partial charge in [0.1, 0.15) is 4.99 Å². The fourth-order valence-electron chi connectivity index (χ4n) is 1.47. The fourth-order valence-corrected chi connectivity index (χ4v) is 1.99. The average Bonchev–Trinajstić information content (AvgIpc) is 2.80. The van der Waals surface area contributed by atoms with E-state index in [-0.39, 0.29) is 0 Å². The molecule has 1 aromatic carbocycles. The van der Waals surface area contributed by atoms with E-state index in [1.807, 2.05) is 24.3 Å². The van der Waals surface area contributed by atoms with Gasteiger partial charge in [-0.1, -0.05) is 28.1 Å². The van der Waals surface area contributed by atoms with E-state index >= 15 is 0 Å². The molecule has 0 saturated carbocycles. The standard InChI is InChI=1S/C12H11BrN2OS/c13-9-1-2-11(10(5-9)12(14)17)15-6-8-3-4-16-7-8/h1-5,7,15H,6H2,(H2,14,17). The molecule has 17 heavy (non-hydrogen) atoms. The van der Waals surface area contributed by atoms with Crippen LogP contribution < -0.4 is 11.1 Å². The maximum Gasteiger partial charge on any atom is 0.106 e. The highest BCUT2D eigenvalue weighted by Gasteiger charge is 2.06. The SMILES string of the molecule is NC(=S)c1cc(Br)ccc1NCc1ccoc1. The van der Waals surface area contributed by atoms with Crippen LogP contribution in [0.2, 0.25) is 0 Å². The lowest BCUT2D eigenvalue weighted by atomic mass is 10.1. The zero-order valence-corrected chi connectivity index (χ0v) is 11.3. The summed E-state index contributed by atoms with van der Waals surface area (Å²) in [7, 11) is 0. The molecule has 2 aromatic rings. The first-order chi connectivity index (χ1) is 8.16. The maximum absolute atomic E-state index is 5.68. The summed E-state index contributed by atoms with van der Waals surface area (Å²) in [6.45, 7) is 0.674. The van der Waals surface area contributed by atoms with Gasteiger partial charge in [0.2, 0.25) is 0 Å². The van der Waals surface area contributed by atoms with Crippen LogP contribution in [0, 0.1) is 0 Å². The van der Waals surface area contributed by atoms with Crippen LogP contribution in [0.4, 0.5) is 5.69 Å². The molecule has 3 nitrogen and oxygen atoms in total. The third-order valence-electron chi connectivity index (χ3n) is 2.31. The van der Waals surface area contributed by atoms with Gasteiger partial charge in [-0.15, -0.1) is 0 Å². The van der Waals surface area contributed by atoms with E-state index in [0.29, 0.717) is 11.5 Å². The molecule has 0 atom stereocenters. The van der Waals surface area contributed by atoms with Crippen molar-refractivity contribution >= 4 is 38.8 Å². The Morgan fingerprint density at radius 2 is 2.24 bits per heavy atom. The molecule has 0 bridgehead atoms. The van der Waals surface area contributed by atoms with E-state index in [1.165, 1.54) is 0 Å². The molecule has 0 amide bonds. The molecule has 0 radical (unpaired) electrons. The summed E-state index contributed by atoms with van der Waals surface area (Å²) in [4.78, 5) is 0.376. The summed E-state index contributed by atoms with van der Waals surface area (Å²) in [6, 6.07) is 7.70. The lowest BCUT2D eigenvalue weighted by Crippen LogP contribution is -2.13. The Kier molecular flexibility index (Phi) is 3.81. The molecule has 2 rings (SSSR count). The number of nitrogens with two attached hydrogens (primary N) is 1. The van der Waals surface area contributed by atoms with Gasteiger partial charge in [0.15, 0.2) is 0 Å². The second-order valence-electron chi connectivity index (χ2n) is 3.54. The molecule has 0 spiro atoms. The van der Waals surface area contributed by atoms with Crippen molar-refractivity contribution < 1.29 is 4.42 Å². The van der Waals surface area contributed by atoms with Crippen LogP contribution >= 0.6 is 28.1 Å². The lowest BCUT2D eigenvalue weighted by Gasteiger charge is -2.10. The van der Waals surface area contributed by atoms with E-state index < -0.39 is 0 Å². The highest BCUT2D eigenvalue weighted by molar-refractivity contribution is 9.10. The number of nitrogens with one attached hydrogen (secondary N) is 1. The average molecular weight is 311 g/mol. The Labute approximate surface area is 113 Å². The van der Waals surface area contributed by atoms with Crippen molar-refractivity contribution in [3.63, 3.8) is 0 Å². The molecule has 88 valence electrons. The molecule has 5 heteroatoms. The monoisotopic (exact) mass is 310 g/mol. The topological polar surface area (TPSA) is 51.2 Å². The Bertz CT molecular complexity index is 525. The third-order valence-corrected chi connectivity index (χ3v) is 3.02. The second kappa shape index (κ2) is 5.33. The van der Waals surface area contributed by atoms with Crippen molar-refractivity contribution in [3.05, 3.63) is 52.4 Å². The predicted molar refractivity (Wildman–Crippen MR) is 76.1 cm³/mol. The number of rotatable bonds is 4. The van der Waals surface area contributed by atoms with Crippen LogP contribution in [0.15, 0.2) is 45.7 Å². The van der Waals surface area contributed by atoms with Crippen molar-refractivity contribution in [1.82, 2.24) is 0 Å². The van der Waals surface area contributed by atoms with Crippen molar-refractivity contribution in [3.8, 4) is 0 Å². The van der Waals surface area contributed by atoms with Crippen molar-refractivity contribution in [2.75, 3.05) is 5.32 Å². The number of hydrogen-bond acceptors (Lipinski definition) is 3. The largest absolute Gasteiger partial charge is 0.472 e. The first-order valence-electron chi connectivity index (χ1n) is 5.01. The molecule has 1 heterocycles. The third kappa shape index (κ3) is 3.08. The maximum atomic E-state index is 5.68. The molecule has 3 N–H and O–H groups in total. The zero-order valence-electron chi connectivity index (χ0n) is 8.94. The van der Waals surface area contributed by atoms with Crippen LogP contribution in [-0.4, -0.2) is 4.99 Å². The van der Waals surface area contributed by atoms with E-state index in [2.05, 4.69) is 21.2 Å². The Hall–Kier alpha value is -1.33. The molecule has 0 saturated heterocycles. The van der Waals surface area contributed by atoms with Crippen LogP contribution in [0.3, 0.4) is 0 Å². The summed E-state index contributed by atoms with van der Waals surface area (Å²) in [5, 5.41) is 3.28. The minimum atomic E-state index is 0.376. The quantitative estimate of drug-likeness (QED) is 0.851. The van der Waals surface area contributed by atoms with Crippen molar-refractivity contribution in [2.45, 2.75) is 6.54 Å². The molecule has 0 fully saturated rings. The van der Waals surface area contributed by atoms with E-state index in [9.17, 15) is 0 Å². The van der Waals surface area contributed by atoms with Crippen LogP contribution in [0.25, 0.3) is 0 Å². The Morgan fingerprint density at radius 3 is 2.88 bits per heavy atom. The molecule has 0 unspecified atom stereocenters. The van der Waals surface area contributed by atoms with E-state index in [4.69, 9.17) is 22.4 Å². The first-order valence-corrected chi connectivity index (χ1v) is 6.21. The molecule has 0 aliphatic carbocycles.